The van der Waals surface area contributed by atoms with Crippen molar-refractivity contribution in [1.82, 2.24) is 9.62 Å². The molecule has 0 bridgehead atoms. The van der Waals surface area contributed by atoms with Gasteiger partial charge in [-0.25, -0.2) is 8.42 Å². The lowest BCUT2D eigenvalue weighted by molar-refractivity contribution is 0.255. The molecule has 1 N–H and O–H groups in total. The molecule has 21 heavy (non-hydrogen) atoms. The number of aryl methyl sites for hydroxylation is 1. The molecule has 1 aliphatic carbocycles. The normalized spacial score (nSPS) is 23.5. The Labute approximate surface area is 132 Å². The van der Waals surface area contributed by atoms with Gasteiger partial charge in [0.2, 0.25) is 10.0 Å². The van der Waals surface area contributed by atoms with Gasteiger partial charge in [0, 0.05) is 19.1 Å². The molecule has 1 saturated carbocycles. The predicted octanol–water partition coefficient (Wildman–Crippen LogP) is 2.80. The Morgan fingerprint density at radius 1 is 1.24 bits per heavy atom. The summed E-state index contributed by atoms with van der Waals surface area (Å²) in [6.45, 7) is 1.89. The summed E-state index contributed by atoms with van der Waals surface area (Å²) in [7, 11) is 0.0892. The van der Waals surface area contributed by atoms with Crippen LogP contribution in [-0.2, 0) is 10.0 Å². The van der Waals surface area contributed by atoms with Gasteiger partial charge in [0.25, 0.3) is 0 Å². The van der Waals surface area contributed by atoms with Crippen LogP contribution in [0.5, 0.6) is 0 Å². The minimum absolute atomic E-state index is 0.0527. The van der Waals surface area contributed by atoms with Crippen LogP contribution in [-0.4, -0.2) is 38.9 Å². The summed E-state index contributed by atoms with van der Waals surface area (Å²) >= 11 is 6.13. The average Bonchev–Trinajstić information content (AvgIpc) is 2.46. The summed E-state index contributed by atoms with van der Waals surface area (Å²) in [6.07, 6.45) is 3.76. The fourth-order valence-electron chi connectivity index (χ4n) is 2.89. The van der Waals surface area contributed by atoms with Crippen LogP contribution < -0.4 is 5.32 Å². The molecule has 1 fully saturated rings. The van der Waals surface area contributed by atoms with Crippen molar-refractivity contribution < 1.29 is 8.42 Å². The van der Waals surface area contributed by atoms with E-state index in [4.69, 9.17) is 11.6 Å². The van der Waals surface area contributed by atoms with Crippen LogP contribution in [0.3, 0.4) is 0 Å². The van der Waals surface area contributed by atoms with Gasteiger partial charge >= 0.3 is 0 Å². The molecule has 1 aliphatic rings. The number of halogens is 1. The lowest BCUT2D eigenvalue weighted by atomic mass is 9.91. The number of benzene rings is 1. The fourth-order valence-corrected chi connectivity index (χ4v) is 4.88. The first-order valence-corrected chi connectivity index (χ1v) is 9.09. The second kappa shape index (κ2) is 6.65. The molecule has 0 unspecified atom stereocenters. The quantitative estimate of drug-likeness (QED) is 0.923. The van der Waals surface area contributed by atoms with Crippen LogP contribution in [0.15, 0.2) is 23.1 Å². The van der Waals surface area contributed by atoms with Gasteiger partial charge in [-0.1, -0.05) is 17.7 Å². The third kappa shape index (κ3) is 3.59. The van der Waals surface area contributed by atoms with E-state index < -0.39 is 10.0 Å². The highest BCUT2D eigenvalue weighted by Gasteiger charge is 2.32. The molecule has 1 aromatic rings. The summed E-state index contributed by atoms with van der Waals surface area (Å²) in [6, 6.07) is 5.63. The predicted molar refractivity (Wildman–Crippen MR) is 86.2 cm³/mol. The van der Waals surface area contributed by atoms with Crippen molar-refractivity contribution in [1.29, 1.82) is 0 Å². The molecule has 0 aromatic heterocycles. The van der Waals surface area contributed by atoms with Crippen LogP contribution in [0, 0.1) is 6.92 Å². The minimum atomic E-state index is -3.53. The molecule has 4 nitrogen and oxygen atoms in total. The minimum Gasteiger partial charge on any atom is -0.317 e. The van der Waals surface area contributed by atoms with E-state index in [1.54, 1.807) is 25.2 Å². The van der Waals surface area contributed by atoms with Crippen molar-refractivity contribution in [3.05, 3.63) is 28.8 Å². The largest absolute Gasteiger partial charge is 0.317 e. The Hall–Kier alpha value is -0.620. The highest BCUT2D eigenvalue weighted by molar-refractivity contribution is 7.89. The van der Waals surface area contributed by atoms with Crippen LogP contribution >= 0.6 is 11.6 Å². The second-order valence-electron chi connectivity index (χ2n) is 5.75. The molecular formula is C15H23ClN2O2S. The first-order chi connectivity index (χ1) is 9.86. The maximum absolute atomic E-state index is 12.7. The van der Waals surface area contributed by atoms with Gasteiger partial charge in [0.05, 0.1) is 5.02 Å². The van der Waals surface area contributed by atoms with Gasteiger partial charge in [0.15, 0.2) is 0 Å². The SMILES string of the molecule is CNC1CCC(N(C)S(=O)(=O)c2ccc(C)cc2Cl)CC1. The van der Waals surface area contributed by atoms with E-state index in [0.717, 1.165) is 31.2 Å². The van der Waals surface area contributed by atoms with Crippen molar-refractivity contribution in [3.63, 3.8) is 0 Å². The summed E-state index contributed by atoms with van der Waals surface area (Å²) in [5.74, 6) is 0. The fraction of sp³-hybridized carbons (Fsp3) is 0.600. The highest BCUT2D eigenvalue weighted by Crippen LogP contribution is 2.30. The van der Waals surface area contributed by atoms with Gasteiger partial charge < -0.3 is 5.32 Å². The third-order valence-corrected chi connectivity index (χ3v) is 6.76. The molecule has 0 heterocycles. The molecule has 2 rings (SSSR count). The van der Waals surface area contributed by atoms with E-state index in [0.29, 0.717) is 11.1 Å². The summed E-state index contributed by atoms with van der Waals surface area (Å²) in [5.41, 5.74) is 0.955. The number of rotatable bonds is 4. The Bertz CT molecular complexity index is 596. The van der Waals surface area contributed by atoms with Crippen molar-refractivity contribution in [2.75, 3.05) is 14.1 Å². The van der Waals surface area contributed by atoms with E-state index in [1.807, 2.05) is 14.0 Å². The van der Waals surface area contributed by atoms with Crippen LogP contribution in [0.2, 0.25) is 5.02 Å². The zero-order chi connectivity index (χ0) is 15.6. The Morgan fingerprint density at radius 2 is 1.86 bits per heavy atom. The van der Waals surface area contributed by atoms with E-state index in [2.05, 4.69) is 5.32 Å². The zero-order valence-electron chi connectivity index (χ0n) is 12.8. The van der Waals surface area contributed by atoms with Gasteiger partial charge in [-0.15, -0.1) is 0 Å². The lowest BCUT2D eigenvalue weighted by Crippen LogP contribution is -2.42. The summed E-state index contributed by atoms with van der Waals surface area (Å²) in [4.78, 5) is 0.202. The third-order valence-electron chi connectivity index (χ3n) is 4.36. The number of nitrogens with zero attached hydrogens (tertiary/aromatic N) is 1. The van der Waals surface area contributed by atoms with Crippen molar-refractivity contribution in [2.45, 2.75) is 49.6 Å². The lowest BCUT2D eigenvalue weighted by Gasteiger charge is -2.34. The first-order valence-electron chi connectivity index (χ1n) is 7.27. The molecular weight excluding hydrogens is 308 g/mol. The van der Waals surface area contributed by atoms with Crippen molar-refractivity contribution in [2.24, 2.45) is 0 Å². The van der Waals surface area contributed by atoms with Gasteiger partial charge in [0.1, 0.15) is 4.90 Å². The number of hydrogen-bond donors (Lipinski definition) is 1. The van der Waals surface area contributed by atoms with Gasteiger partial charge in [-0.2, -0.15) is 4.31 Å². The molecule has 0 saturated heterocycles. The van der Waals surface area contributed by atoms with Crippen LogP contribution in [0.25, 0.3) is 0 Å². The van der Waals surface area contributed by atoms with Crippen LogP contribution in [0.4, 0.5) is 0 Å². The molecule has 0 radical (unpaired) electrons. The van der Waals surface area contributed by atoms with E-state index in [9.17, 15) is 8.42 Å². The molecule has 1 aromatic carbocycles. The number of nitrogens with one attached hydrogen (secondary N) is 1. The maximum atomic E-state index is 12.7. The average molecular weight is 331 g/mol. The van der Waals surface area contributed by atoms with E-state index in [1.165, 1.54) is 4.31 Å². The van der Waals surface area contributed by atoms with E-state index >= 15 is 0 Å². The topological polar surface area (TPSA) is 49.4 Å². The first kappa shape index (κ1) is 16.7. The molecule has 0 amide bonds. The zero-order valence-corrected chi connectivity index (χ0v) is 14.3. The highest BCUT2D eigenvalue weighted by atomic mass is 35.5. The Balaban J connectivity index is 2.19. The smallest absolute Gasteiger partial charge is 0.244 e. The molecule has 118 valence electrons. The Morgan fingerprint density at radius 3 is 2.38 bits per heavy atom. The Kier molecular flexibility index (Phi) is 5.30. The molecule has 0 spiro atoms. The van der Waals surface area contributed by atoms with Gasteiger partial charge in [-0.3, -0.25) is 0 Å². The molecule has 6 heteroatoms. The molecule has 0 aliphatic heterocycles. The van der Waals surface area contributed by atoms with Crippen molar-refractivity contribution in [3.8, 4) is 0 Å². The van der Waals surface area contributed by atoms with Crippen molar-refractivity contribution >= 4 is 21.6 Å². The molecule has 0 atom stereocenters. The number of sulfonamides is 1. The van der Waals surface area contributed by atoms with Gasteiger partial charge in [-0.05, 0) is 57.4 Å². The van der Waals surface area contributed by atoms with E-state index in [-0.39, 0.29) is 10.9 Å². The summed E-state index contributed by atoms with van der Waals surface area (Å²) in [5, 5.41) is 3.56. The monoisotopic (exact) mass is 330 g/mol. The number of hydrogen-bond acceptors (Lipinski definition) is 3. The second-order valence-corrected chi connectivity index (χ2v) is 8.12. The summed E-state index contributed by atoms with van der Waals surface area (Å²) < 4.78 is 27.0. The maximum Gasteiger partial charge on any atom is 0.244 e. The standard InChI is InChI=1S/C15H23ClN2O2S/c1-11-4-9-15(14(16)10-11)21(19,20)18(3)13-7-5-12(17-2)6-8-13/h4,9-10,12-13,17H,5-8H2,1-3H3. The van der Waals surface area contributed by atoms with Crippen LogP contribution in [0.1, 0.15) is 31.2 Å².